The van der Waals surface area contributed by atoms with E-state index in [1.54, 1.807) is 7.11 Å². The van der Waals surface area contributed by atoms with Crippen molar-refractivity contribution >= 4 is 17.5 Å². The maximum Gasteiger partial charge on any atom is 0.173 e. The third kappa shape index (κ3) is 2.05. The summed E-state index contributed by atoms with van der Waals surface area (Å²) in [5.41, 5.74) is 2.16. The lowest BCUT2D eigenvalue weighted by Gasteiger charge is -2.30. The standard InChI is InChI=1S/C15H18O2S/c1-17-10-6-7-11-13(8-10)12-4-2-3-5-15(12)18-9-14(11)16/h6-8,12,15H,2-5,9H2,1H3/t12-,15+/m0/s1. The van der Waals surface area contributed by atoms with Gasteiger partial charge in [-0.1, -0.05) is 12.8 Å². The quantitative estimate of drug-likeness (QED) is 0.772. The molecule has 3 heteroatoms. The summed E-state index contributed by atoms with van der Waals surface area (Å²) < 4.78 is 5.32. The molecule has 0 spiro atoms. The van der Waals surface area contributed by atoms with Crippen LogP contribution in [-0.4, -0.2) is 23.9 Å². The van der Waals surface area contributed by atoms with Crippen LogP contribution in [0.1, 0.15) is 47.5 Å². The second-order valence-electron chi connectivity index (χ2n) is 5.12. The topological polar surface area (TPSA) is 26.3 Å². The third-order valence-corrected chi connectivity index (χ3v) is 5.51. The van der Waals surface area contributed by atoms with Crippen molar-refractivity contribution in [2.75, 3.05) is 12.9 Å². The maximum atomic E-state index is 12.2. The van der Waals surface area contributed by atoms with Crippen LogP contribution in [0, 0.1) is 0 Å². The molecule has 96 valence electrons. The largest absolute Gasteiger partial charge is 0.497 e. The van der Waals surface area contributed by atoms with Crippen LogP contribution >= 0.6 is 11.8 Å². The fourth-order valence-electron chi connectivity index (χ4n) is 3.14. The summed E-state index contributed by atoms with van der Waals surface area (Å²) in [4.78, 5) is 12.2. The molecule has 0 aromatic heterocycles. The Morgan fingerprint density at radius 3 is 2.94 bits per heavy atom. The monoisotopic (exact) mass is 262 g/mol. The van der Waals surface area contributed by atoms with Gasteiger partial charge in [0.15, 0.2) is 5.78 Å². The maximum absolute atomic E-state index is 12.2. The molecule has 2 atom stereocenters. The summed E-state index contributed by atoms with van der Waals surface area (Å²) in [5, 5.41) is 0.621. The van der Waals surface area contributed by atoms with Crippen molar-refractivity contribution in [3.05, 3.63) is 29.3 Å². The van der Waals surface area contributed by atoms with Gasteiger partial charge in [0.1, 0.15) is 5.75 Å². The fourth-order valence-corrected chi connectivity index (χ4v) is 4.51. The summed E-state index contributed by atoms with van der Waals surface area (Å²) in [7, 11) is 1.69. The average Bonchev–Trinajstić information content (AvgIpc) is 2.57. The van der Waals surface area contributed by atoms with Gasteiger partial charge < -0.3 is 4.74 Å². The van der Waals surface area contributed by atoms with Gasteiger partial charge in [0.05, 0.1) is 12.9 Å². The highest BCUT2D eigenvalue weighted by molar-refractivity contribution is 8.00. The normalized spacial score (nSPS) is 27.1. The van der Waals surface area contributed by atoms with E-state index in [0.29, 0.717) is 16.9 Å². The molecule has 1 saturated carbocycles. The number of Topliss-reactive ketones (excluding diaryl/α,β-unsaturated/α-hetero) is 1. The number of benzene rings is 1. The number of carbonyl (C=O) groups is 1. The second-order valence-corrected chi connectivity index (χ2v) is 6.34. The van der Waals surface area contributed by atoms with Crippen molar-refractivity contribution in [1.29, 1.82) is 0 Å². The molecule has 3 rings (SSSR count). The van der Waals surface area contributed by atoms with Gasteiger partial charge in [-0.25, -0.2) is 0 Å². The lowest BCUT2D eigenvalue weighted by Crippen LogP contribution is -2.19. The Morgan fingerprint density at radius 1 is 1.28 bits per heavy atom. The first-order chi connectivity index (χ1) is 8.79. The van der Waals surface area contributed by atoms with E-state index in [2.05, 4.69) is 6.07 Å². The van der Waals surface area contributed by atoms with Crippen molar-refractivity contribution in [3.63, 3.8) is 0 Å². The summed E-state index contributed by atoms with van der Waals surface area (Å²) in [6.07, 6.45) is 5.05. The van der Waals surface area contributed by atoms with Gasteiger partial charge in [0.2, 0.25) is 0 Å². The fraction of sp³-hybridized carbons (Fsp3) is 0.533. The predicted octanol–water partition coefficient (Wildman–Crippen LogP) is 3.65. The molecule has 0 saturated heterocycles. The Hall–Kier alpha value is -0.960. The SMILES string of the molecule is COc1ccc2c(c1)[C@@H]1CCCC[C@H]1SCC2=O. The minimum absolute atomic E-state index is 0.284. The predicted molar refractivity (Wildman–Crippen MR) is 74.8 cm³/mol. The minimum atomic E-state index is 0.284. The highest BCUT2D eigenvalue weighted by Gasteiger charge is 2.33. The van der Waals surface area contributed by atoms with Gasteiger partial charge in [-0.05, 0) is 42.5 Å². The van der Waals surface area contributed by atoms with Crippen molar-refractivity contribution in [1.82, 2.24) is 0 Å². The van der Waals surface area contributed by atoms with E-state index in [1.165, 1.54) is 31.2 Å². The molecular formula is C15H18O2S. The van der Waals surface area contributed by atoms with E-state index < -0.39 is 0 Å². The van der Waals surface area contributed by atoms with Crippen molar-refractivity contribution in [3.8, 4) is 5.75 Å². The molecule has 0 amide bonds. The second kappa shape index (κ2) is 4.96. The molecule has 1 aliphatic heterocycles. The lowest BCUT2D eigenvalue weighted by atomic mass is 9.81. The first kappa shape index (κ1) is 12.1. The zero-order chi connectivity index (χ0) is 12.5. The Labute approximate surface area is 112 Å². The van der Waals surface area contributed by atoms with Crippen LogP contribution in [-0.2, 0) is 0 Å². The molecule has 2 aliphatic rings. The first-order valence-corrected chi connectivity index (χ1v) is 7.67. The Morgan fingerprint density at radius 2 is 2.11 bits per heavy atom. The van der Waals surface area contributed by atoms with Crippen LogP contribution in [0.25, 0.3) is 0 Å². The molecule has 0 radical (unpaired) electrons. The number of rotatable bonds is 1. The Balaban J connectivity index is 2.07. The van der Waals surface area contributed by atoms with E-state index in [0.717, 1.165) is 11.3 Å². The zero-order valence-corrected chi connectivity index (χ0v) is 11.5. The summed E-state index contributed by atoms with van der Waals surface area (Å²) in [5.74, 6) is 2.34. The zero-order valence-electron chi connectivity index (χ0n) is 10.6. The number of fused-ring (bicyclic) bond motifs is 3. The van der Waals surface area contributed by atoms with Crippen LogP contribution in [0.4, 0.5) is 0 Å². The Bertz CT molecular complexity index is 470. The van der Waals surface area contributed by atoms with Crippen molar-refractivity contribution in [2.45, 2.75) is 36.9 Å². The third-order valence-electron chi connectivity index (χ3n) is 4.09. The van der Waals surface area contributed by atoms with Gasteiger partial charge >= 0.3 is 0 Å². The number of hydrogen-bond acceptors (Lipinski definition) is 3. The molecule has 18 heavy (non-hydrogen) atoms. The van der Waals surface area contributed by atoms with Gasteiger partial charge in [0, 0.05) is 10.8 Å². The van der Waals surface area contributed by atoms with Crippen LogP contribution < -0.4 is 4.74 Å². The molecule has 0 N–H and O–H groups in total. The summed E-state index contributed by atoms with van der Waals surface area (Å²) in [6.45, 7) is 0. The molecule has 2 nitrogen and oxygen atoms in total. The summed E-state index contributed by atoms with van der Waals surface area (Å²) in [6, 6.07) is 5.95. The molecule has 1 aromatic rings. The van der Waals surface area contributed by atoms with E-state index in [1.807, 2.05) is 23.9 Å². The van der Waals surface area contributed by atoms with Crippen LogP contribution in [0.2, 0.25) is 0 Å². The molecule has 0 bridgehead atoms. The van der Waals surface area contributed by atoms with Crippen LogP contribution in [0.3, 0.4) is 0 Å². The summed E-state index contributed by atoms with van der Waals surface area (Å²) >= 11 is 1.86. The number of thioether (sulfide) groups is 1. The van der Waals surface area contributed by atoms with E-state index in [4.69, 9.17) is 4.74 Å². The molecule has 1 fully saturated rings. The smallest absolute Gasteiger partial charge is 0.173 e. The molecule has 1 aliphatic carbocycles. The molecule has 1 aromatic carbocycles. The van der Waals surface area contributed by atoms with Gasteiger partial charge in [-0.15, -0.1) is 11.8 Å². The number of hydrogen-bond donors (Lipinski definition) is 0. The molecular weight excluding hydrogens is 244 g/mol. The minimum Gasteiger partial charge on any atom is -0.497 e. The van der Waals surface area contributed by atoms with Crippen LogP contribution in [0.15, 0.2) is 18.2 Å². The number of carbonyl (C=O) groups excluding carboxylic acids is 1. The lowest BCUT2D eigenvalue weighted by molar-refractivity contribution is 0.102. The van der Waals surface area contributed by atoms with E-state index in [9.17, 15) is 4.79 Å². The number of methoxy groups -OCH3 is 1. The number of ketones is 1. The van der Waals surface area contributed by atoms with E-state index in [-0.39, 0.29) is 5.78 Å². The highest BCUT2D eigenvalue weighted by Crippen LogP contribution is 2.44. The Kier molecular flexibility index (Phi) is 3.33. The number of ether oxygens (including phenoxy) is 1. The van der Waals surface area contributed by atoms with Gasteiger partial charge in [0.25, 0.3) is 0 Å². The van der Waals surface area contributed by atoms with Crippen LogP contribution in [0.5, 0.6) is 5.75 Å². The average molecular weight is 262 g/mol. The first-order valence-electron chi connectivity index (χ1n) is 6.62. The molecule has 1 heterocycles. The van der Waals surface area contributed by atoms with Gasteiger partial charge in [-0.2, -0.15) is 0 Å². The van der Waals surface area contributed by atoms with Crippen molar-refractivity contribution in [2.24, 2.45) is 0 Å². The molecule has 0 unspecified atom stereocenters. The van der Waals surface area contributed by atoms with E-state index >= 15 is 0 Å². The van der Waals surface area contributed by atoms with Crippen molar-refractivity contribution < 1.29 is 9.53 Å². The highest BCUT2D eigenvalue weighted by atomic mass is 32.2. The van der Waals surface area contributed by atoms with Gasteiger partial charge in [-0.3, -0.25) is 4.79 Å².